The van der Waals surface area contributed by atoms with Crippen LogP contribution in [-0.4, -0.2) is 18.9 Å². The second kappa shape index (κ2) is 4.22. The van der Waals surface area contributed by atoms with Crippen LogP contribution in [0.25, 0.3) is 0 Å². The number of hydrogen-bond donors (Lipinski definition) is 1. The third kappa shape index (κ3) is 2.39. The summed E-state index contributed by atoms with van der Waals surface area (Å²) < 4.78 is 13.2. The fraction of sp³-hybridized carbons (Fsp3) is 0.500. The van der Waals surface area contributed by atoms with Gasteiger partial charge in [0.15, 0.2) is 6.29 Å². The van der Waals surface area contributed by atoms with Gasteiger partial charge < -0.3 is 5.32 Å². The average molecular weight is 233 g/mol. The van der Waals surface area contributed by atoms with Crippen LogP contribution in [0.2, 0.25) is 0 Å². The highest BCUT2D eigenvalue weighted by Gasteiger charge is 2.39. The molecule has 2 atom stereocenters. The summed E-state index contributed by atoms with van der Waals surface area (Å²) >= 11 is 0. The van der Waals surface area contributed by atoms with E-state index in [1.54, 1.807) is 12.1 Å². The number of nitrogens with one attached hydrogen (secondary N) is 1. The van der Waals surface area contributed by atoms with Crippen molar-refractivity contribution in [3.8, 4) is 0 Å². The first-order valence-electron chi connectivity index (χ1n) is 6.26. The number of hydrogen-bond acceptors (Lipinski definition) is 2. The van der Waals surface area contributed by atoms with E-state index in [1.807, 2.05) is 0 Å². The molecular formula is C14H16FNO. The van der Waals surface area contributed by atoms with Gasteiger partial charge in [0.25, 0.3) is 0 Å². The average Bonchev–Trinajstić information content (AvgIpc) is 3.21. The minimum absolute atomic E-state index is 0.176. The van der Waals surface area contributed by atoms with Crippen molar-refractivity contribution in [2.75, 3.05) is 6.54 Å². The molecule has 1 aromatic rings. The van der Waals surface area contributed by atoms with Gasteiger partial charge in [0.2, 0.25) is 0 Å². The van der Waals surface area contributed by atoms with Gasteiger partial charge >= 0.3 is 0 Å². The summed E-state index contributed by atoms with van der Waals surface area (Å²) in [6.45, 7) is 1.11. The first-order valence-corrected chi connectivity index (χ1v) is 6.26. The molecule has 0 aromatic heterocycles. The summed E-state index contributed by atoms with van der Waals surface area (Å²) in [5, 5.41) is 3.54. The Morgan fingerprint density at radius 1 is 1.41 bits per heavy atom. The Balaban J connectivity index is 1.62. The zero-order valence-corrected chi connectivity index (χ0v) is 9.66. The Labute approximate surface area is 100 Å². The van der Waals surface area contributed by atoms with E-state index in [0.29, 0.717) is 18.2 Å². The summed E-state index contributed by atoms with van der Waals surface area (Å²) in [5.41, 5.74) is 1.26. The largest absolute Gasteiger partial charge is 0.313 e. The van der Waals surface area contributed by atoms with Crippen molar-refractivity contribution in [1.29, 1.82) is 0 Å². The molecule has 2 fully saturated rings. The van der Waals surface area contributed by atoms with Crippen molar-refractivity contribution in [3.05, 3.63) is 35.1 Å². The van der Waals surface area contributed by atoms with Crippen molar-refractivity contribution in [2.24, 2.45) is 5.92 Å². The first kappa shape index (κ1) is 10.9. The molecule has 3 heteroatoms. The summed E-state index contributed by atoms with van der Waals surface area (Å²) in [4.78, 5) is 10.7. The Bertz CT molecular complexity index is 442. The molecule has 0 spiro atoms. The van der Waals surface area contributed by atoms with Crippen LogP contribution in [-0.2, 0) is 0 Å². The standard InChI is InChI=1S/C14H16FNO/c15-13-4-3-10(5-11(13)8-17)12-6-14(12)16-7-9-1-2-9/h3-5,8-9,12,14,16H,1-2,6-7H2. The van der Waals surface area contributed by atoms with E-state index in [9.17, 15) is 9.18 Å². The molecule has 0 bridgehead atoms. The maximum absolute atomic E-state index is 13.2. The number of carbonyl (C=O) groups excluding carboxylic acids is 1. The van der Waals surface area contributed by atoms with E-state index < -0.39 is 5.82 Å². The van der Waals surface area contributed by atoms with Gasteiger partial charge in [0, 0.05) is 12.0 Å². The van der Waals surface area contributed by atoms with E-state index in [1.165, 1.54) is 18.9 Å². The van der Waals surface area contributed by atoms with Crippen molar-refractivity contribution in [3.63, 3.8) is 0 Å². The van der Waals surface area contributed by atoms with Gasteiger partial charge in [0.1, 0.15) is 5.82 Å². The summed E-state index contributed by atoms with van der Waals surface area (Å²) in [7, 11) is 0. The predicted molar refractivity (Wildman–Crippen MR) is 63.7 cm³/mol. The molecule has 3 rings (SSSR count). The Morgan fingerprint density at radius 3 is 2.94 bits per heavy atom. The fourth-order valence-corrected chi connectivity index (χ4v) is 2.31. The lowest BCUT2D eigenvalue weighted by atomic mass is 10.1. The third-order valence-electron chi connectivity index (χ3n) is 3.73. The zero-order chi connectivity index (χ0) is 11.8. The number of aldehydes is 1. The van der Waals surface area contributed by atoms with Crippen LogP contribution in [0.15, 0.2) is 18.2 Å². The molecular weight excluding hydrogens is 217 g/mol. The monoisotopic (exact) mass is 233 g/mol. The van der Waals surface area contributed by atoms with Crippen LogP contribution in [0.1, 0.15) is 41.1 Å². The van der Waals surface area contributed by atoms with Gasteiger partial charge in [-0.1, -0.05) is 6.07 Å². The van der Waals surface area contributed by atoms with E-state index >= 15 is 0 Å². The van der Waals surface area contributed by atoms with Gasteiger partial charge in [-0.3, -0.25) is 4.79 Å². The lowest BCUT2D eigenvalue weighted by Gasteiger charge is -2.04. The fourth-order valence-electron chi connectivity index (χ4n) is 2.31. The second-order valence-electron chi connectivity index (χ2n) is 5.20. The quantitative estimate of drug-likeness (QED) is 0.792. The van der Waals surface area contributed by atoms with Gasteiger partial charge in [-0.2, -0.15) is 0 Å². The molecule has 1 aromatic carbocycles. The smallest absolute Gasteiger partial charge is 0.153 e. The highest BCUT2D eigenvalue weighted by atomic mass is 19.1. The van der Waals surface area contributed by atoms with E-state index in [2.05, 4.69) is 5.32 Å². The molecule has 2 aliphatic rings. The Hall–Kier alpha value is -1.22. The third-order valence-corrected chi connectivity index (χ3v) is 3.73. The molecule has 0 heterocycles. The van der Waals surface area contributed by atoms with Gasteiger partial charge in [-0.05, 0) is 49.4 Å². The molecule has 0 saturated heterocycles. The van der Waals surface area contributed by atoms with Crippen molar-refractivity contribution in [2.45, 2.75) is 31.2 Å². The van der Waals surface area contributed by atoms with Crippen molar-refractivity contribution in [1.82, 2.24) is 5.32 Å². The van der Waals surface area contributed by atoms with Crippen LogP contribution in [0.4, 0.5) is 4.39 Å². The van der Waals surface area contributed by atoms with Gasteiger partial charge in [-0.25, -0.2) is 4.39 Å². The molecule has 90 valence electrons. The molecule has 0 radical (unpaired) electrons. The number of halogens is 1. The molecule has 1 N–H and O–H groups in total. The first-order chi connectivity index (χ1) is 8.28. The number of rotatable bonds is 5. The molecule has 2 nitrogen and oxygen atoms in total. The topological polar surface area (TPSA) is 29.1 Å². The zero-order valence-electron chi connectivity index (χ0n) is 9.66. The van der Waals surface area contributed by atoms with Crippen LogP contribution in [0.5, 0.6) is 0 Å². The van der Waals surface area contributed by atoms with Gasteiger partial charge in [0.05, 0.1) is 5.56 Å². The molecule has 0 amide bonds. The summed E-state index contributed by atoms with van der Waals surface area (Å²) in [6.07, 6.45) is 4.41. The maximum Gasteiger partial charge on any atom is 0.153 e. The van der Waals surface area contributed by atoms with E-state index in [4.69, 9.17) is 0 Å². The molecule has 2 aliphatic carbocycles. The van der Waals surface area contributed by atoms with Crippen molar-refractivity contribution >= 4 is 6.29 Å². The molecule has 2 saturated carbocycles. The molecule has 2 unspecified atom stereocenters. The molecule has 0 aliphatic heterocycles. The van der Waals surface area contributed by atoms with Gasteiger partial charge in [-0.15, -0.1) is 0 Å². The number of benzene rings is 1. The summed E-state index contributed by atoms with van der Waals surface area (Å²) in [6, 6.07) is 5.41. The highest BCUT2D eigenvalue weighted by molar-refractivity contribution is 5.75. The minimum atomic E-state index is -0.424. The highest BCUT2D eigenvalue weighted by Crippen LogP contribution is 2.41. The summed E-state index contributed by atoms with van der Waals surface area (Å²) in [5.74, 6) is 0.926. The van der Waals surface area contributed by atoms with Crippen LogP contribution in [0.3, 0.4) is 0 Å². The van der Waals surface area contributed by atoms with Crippen LogP contribution < -0.4 is 5.32 Å². The lowest BCUT2D eigenvalue weighted by molar-refractivity contribution is 0.111. The Morgan fingerprint density at radius 2 is 2.24 bits per heavy atom. The van der Waals surface area contributed by atoms with Crippen LogP contribution in [0, 0.1) is 11.7 Å². The van der Waals surface area contributed by atoms with E-state index in [-0.39, 0.29) is 5.56 Å². The molecule has 17 heavy (non-hydrogen) atoms. The predicted octanol–water partition coefficient (Wildman–Crippen LogP) is 2.49. The van der Waals surface area contributed by atoms with Crippen molar-refractivity contribution < 1.29 is 9.18 Å². The number of carbonyl (C=O) groups is 1. The Kier molecular flexibility index (Phi) is 2.71. The van der Waals surface area contributed by atoms with E-state index in [0.717, 1.165) is 24.4 Å². The maximum atomic E-state index is 13.2. The SMILES string of the molecule is O=Cc1cc(C2CC2NCC2CC2)ccc1F. The normalized spacial score (nSPS) is 26.9. The lowest BCUT2D eigenvalue weighted by Crippen LogP contribution is -2.20. The van der Waals surface area contributed by atoms with Crippen LogP contribution >= 0.6 is 0 Å². The minimum Gasteiger partial charge on any atom is -0.313 e. The second-order valence-corrected chi connectivity index (χ2v) is 5.20.